The van der Waals surface area contributed by atoms with Gasteiger partial charge in [-0.05, 0) is 28.3 Å². The maximum absolute atomic E-state index is 12.7. The normalized spacial score (nSPS) is 18.5. The number of amides is 2. The lowest BCUT2D eigenvalue weighted by atomic mass is 9.93. The largest absolute Gasteiger partial charge is 0.379 e. The molecule has 2 aliphatic heterocycles. The van der Waals surface area contributed by atoms with Crippen LogP contribution in [0.1, 0.15) is 41.6 Å². The summed E-state index contributed by atoms with van der Waals surface area (Å²) >= 11 is 0. The molecule has 162 valence electrons. The summed E-state index contributed by atoms with van der Waals surface area (Å²) in [6.07, 6.45) is 3.93. The van der Waals surface area contributed by atoms with E-state index in [1.54, 1.807) is 11.1 Å². The number of rotatable bonds is 6. The zero-order chi connectivity index (χ0) is 21.6. The van der Waals surface area contributed by atoms with Crippen LogP contribution in [0.5, 0.6) is 0 Å². The monoisotopic (exact) mass is 419 g/mol. The summed E-state index contributed by atoms with van der Waals surface area (Å²) in [5.41, 5.74) is 4.38. The van der Waals surface area contributed by atoms with Crippen molar-refractivity contribution in [3.63, 3.8) is 0 Å². The Morgan fingerprint density at radius 1 is 1.03 bits per heavy atom. The molecular weight excluding hydrogens is 390 g/mol. The number of nitrogens with zero attached hydrogens (tertiary/aromatic N) is 2. The van der Waals surface area contributed by atoms with E-state index in [0.29, 0.717) is 6.54 Å². The van der Waals surface area contributed by atoms with Gasteiger partial charge in [0.25, 0.3) is 0 Å². The van der Waals surface area contributed by atoms with E-state index in [0.717, 1.165) is 49.5 Å². The average Bonchev–Trinajstić information content (AvgIpc) is 2.79. The third-order valence-corrected chi connectivity index (χ3v) is 5.87. The molecule has 0 saturated carbocycles. The van der Waals surface area contributed by atoms with Gasteiger partial charge in [-0.1, -0.05) is 48.5 Å². The highest BCUT2D eigenvalue weighted by atomic mass is 16.5. The van der Waals surface area contributed by atoms with E-state index in [9.17, 15) is 9.59 Å². The predicted molar refractivity (Wildman–Crippen MR) is 120 cm³/mol. The van der Waals surface area contributed by atoms with E-state index in [1.165, 1.54) is 12.5 Å². The lowest BCUT2D eigenvalue weighted by Gasteiger charge is -2.32. The van der Waals surface area contributed by atoms with E-state index < -0.39 is 0 Å². The summed E-state index contributed by atoms with van der Waals surface area (Å²) in [6.45, 7) is 6.45. The Balaban J connectivity index is 1.33. The first-order chi connectivity index (χ1) is 15.1. The minimum Gasteiger partial charge on any atom is -0.379 e. The van der Waals surface area contributed by atoms with Crippen molar-refractivity contribution in [1.29, 1.82) is 0 Å². The molecule has 0 aliphatic carbocycles. The molecule has 0 bridgehead atoms. The van der Waals surface area contributed by atoms with Gasteiger partial charge in [-0.15, -0.1) is 0 Å². The van der Waals surface area contributed by atoms with Crippen molar-refractivity contribution < 1.29 is 14.3 Å². The van der Waals surface area contributed by atoms with Gasteiger partial charge < -0.3 is 15.0 Å². The first kappa shape index (κ1) is 21.3. The van der Waals surface area contributed by atoms with Crippen molar-refractivity contribution in [2.75, 3.05) is 26.3 Å². The molecular formula is C25H29N3O3. The van der Waals surface area contributed by atoms with Gasteiger partial charge in [-0.3, -0.25) is 14.5 Å². The quantitative estimate of drug-likeness (QED) is 0.782. The van der Waals surface area contributed by atoms with Crippen molar-refractivity contribution in [3.8, 4) is 0 Å². The molecule has 2 aliphatic rings. The van der Waals surface area contributed by atoms with Crippen LogP contribution < -0.4 is 5.32 Å². The Bertz CT molecular complexity index is 949. The number of nitrogens with one attached hydrogen (secondary N) is 1. The number of carbonyl (C=O) groups is 2. The van der Waals surface area contributed by atoms with Crippen LogP contribution in [0.4, 0.5) is 0 Å². The van der Waals surface area contributed by atoms with E-state index in [1.807, 2.05) is 30.3 Å². The van der Waals surface area contributed by atoms with Crippen LogP contribution in [0.3, 0.4) is 0 Å². The van der Waals surface area contributed by atoms with Crippen LogP contribution in [0.2, 0.25) is 0 Å². The third-order valence-electron chi connectivity index (χ3n) is 5.87. The molecule has 1 atom stereocenters. The van der Waals surface area contributed by atoms with Gasteiger partial charge in [0, 0.05) is 39.3 Å². The second-order valence-electron chi connectivity index (χ2n) is 8.07. The highest BCUT2D eigenvalue weighted by molar-refractivity contribution is 5.81. The Hall–Kier alpha value is -2.96. The Kier molecular flexibility index (Phi) is 6.79. The molecule has 6 nitrogen and oxygen atoms in total. The molecule has 31 heavy (non-hydrogen) atoms. The summed E-state index contributed by atoms with van der Waals surface area (Å²) in [6, 6.07) is 16.0. The third kappa shape index (κ3) is 5.40. The molecule has 1 saturated heterocycles. The fraction of sp³-hybridized carbons (Fsp3) is 0.360. The van der Waals surface area contributed by atoms with E-state index in [2.05, 4.69) is 34.5 Å². The highest BCUT2D eigenvalue weighted by Crippen LogP contribution is 2.32. The second kappa shape index (κ2) is 9.90. The van der Waals surface area contributed by atoms with Gasteiger partial charge in [-0.2, -0.15) is 0 Å². The fourth-order valence-electron chi connectivity index (χ4n) is 4.14. The molecule has 1 unspecified atom stereocenters. The topological polar surface area (TPSA) is 61.9 Å². The highest BCUT2D eigenvalue weighted by Gasteiger charge is 2.28. The number of hydrogen-bond acceptors (Lipinski definition) is 4. The van der Waals surface area contributed by atoms with Crippen LogP contribution >= 0.6 is 0 Å². The van der Waals surface area contributed by atoms with Gasteiger partial charge in [0.2, 0.25) is 11.8 Å². The van der Waals surface area contributed by atoms with Crippen molar-refractivity contribution in [3.05, 3.63) is 77.0 Å². The maximum atomic E-state index is 12.7. The summed E-state index contributed by atoms with van der Waals surface area (Å²) in [5, 5.41) is 3.01. The Labute approximate surface area is 183 Å². The minimum atomic E-state index is -0.283. The minimum absolute atomic E-state index is 0.0700. The van der Waals surface area contributed by atoms with E-state index >= 15 is 0 Å². The van der Waals surface area contributed by atoms with E-state index in [4.69, 9.17) is 4.74 Å². The average molecular weight is 420 g/mol. The first-order valence-corrected chi connectivity index (χ1v) is 10.8. The van der Waals surface area contributed by atoms with Crippen molar-refractivity contribution in [2.45, 2.75) is 32.5 Å². The molecule has 6 heteroatoms. The van der Waals surface area contributed by atoms with Gasteiger partial charge in [-0.25, -0.2) is 0 Å². The molecule has 0 aromatic heterocycles. The van der Waals surface area contributed by atoms with Gasteiger partial charge in [0.1, 0.15) is 0 Å². The number of benzene rings is 2. The van der Waals surface area contributed by atoms with Crippen molar-refractivity contribution >= 4 is 17.9 Å². The van der Waals surface area contributed by atoms with Crippen LogP contribution in [-0.4, -0.2) is 47.9 Å². The first-order valence-electron chi connectivity index (χ1n) is 10.8. The number of fused-ring (bicyclic) bond motifs is 1. The van der Waals surface area contributed by atoms with Crippen LogP contribution in [0.15, 0.2) is 54.7 Å². The Morgan fingerprint density at radius 2 is 1.74 bits per heavy atom. The molecule has 0 spiro atoms. The summed E-state index contributed by atoms with van der Waals surface area (Å²) in [7, 11) is 0. The number of ether oxygens (including phenoxy) is 1. The standard InChI is InChI=1S/C25H29N3O3/c1-19(29)28-11-10-22-4-2-3-5-23(22)24(28)16-25(30)26-17-20-6-8-21(9-7-20)18-27-12-14-31-15-13-27/h2-11,24H,12-18H2,1H3,(H,26,30). The van der Waals surface area contributed by atoms with Crippen molar-refractivity contribution in [2.24, 2.45) is 0 Å². The zero-order valence-corrected chi connectivity index (χ0v) is 17.9. The summed E-state index contributed by atoms with van der Waals surface area (Å²) in [4.78, 5) is 28.8. The molecule has 2 aromatic rings. The maximum Gasteiger partial charge on any atom is 0.223 e. The second-order valence-corrected chi connectivity index (χ2v) is 8.07. The molecule has 4 rings (SSSR count). The lowest BCUT2D eigenvalue weighted by molar-refractivity contribution is -0.130. The molecule has 1 fully saturated rings. The summed E-state index contributed by atoms with van der Waals surface area (Å²) in [5.74, 6) is -0.141. The van der Waals surface area contributed by atoms with Crippen molar-refractivity contribution in [1.82, 2.24) is 15.1 Å². The molecule has 0 radical (unpaired) electrons. The SMILES string of the molecule is CC(=O)N1C=Cc2ccccc2C1CC(=O)NCc1ccc(CN2CCOCC2)cc1. The van der Waals surface area contributed by atoms with Gasteiger partial charge >= 0.3 is 0 Å². The van der Waals surface area contributed by atoms with Gasteiger partial charge in [0.05, 0.1) is 25.7 Å². The lowest BCUT2D eigenvalue weighted by Crippen LogP contribution is -2.35. The number of hydrogen-bond donors (Lipinski definition) is 1. The molecule has 1 N–H and O–H groups in total. The fourth-order valence-corrected chi connectivity index (χ4v) is 4.14. The summed E-state index contributed by atoms with van der Waals surface area (Å²) < 4.78 is 5.40. The Morgan fingerprint density at radius 3 is 2.48 bits per heavy atom. The van der Waals surface area contributed by atoms with Gasteiger partial charge in [0.15, 0.2) is 0 Å². The van der Waals surface area contributed by atoms with Crippen LogP contribution in [0, 0.1) is 0 Å². The zero-order valence-electron chi connectivity index (χ0n) is 17.9. The predicted octanol–water partition coefficient (Wildman–Crippen LogP) is 3.10. The smallest absolute Gasteiger partial charge is 0.223 e. The molecule has 2 aromatic carbocycles. The number of morpholine rings is 1. The van der Waals surface area contributed by atoms with E-state index in [-0.39, 0.29) is 24.3 Å². The molecule has 2 amide bonds. The van der Waals surface area contributed by atoms with Crippen LogP contribution in [-0.2, 0) is 27.4 Å². The molecule has 2 heterocycles. The van der Waals surface area contributed by atoms with Crippen LogP contribution in [0.25, 0.3) is 6.08 Å². The number of carbonyl (C=O) groups excluding carboxylic acids is 2.